The van der Waals surface area contributed by atoms with Crippen LogP contribution in [0.15, 0.2) is 42.7 Å². The third-order valence-electron chi connectivity index (χ3n) is 9.03. The zero-order valence-electron chi connectivity index (χ0n) is 23.1. The second-order valence-corrected chi connectivity index (χ2v) is 12.3. The van der Waals surface area contributed by atoms with Crippen molar-refractivity contribution in [3.8, 4) is 0 Å². The number of amides is 1. The molecule has 0 spiro atoms. The van der Waals surface area contributed by atoms with Gasteiger partial charge in [0.1, 0.15) is 12.2 Å². The quantitative estimate of drug-likeness (QED) is 0.343. The summed E-state index contributed by atoms with van der Waals surface area (Å²) in [6.07, 6.45) is 3.78. The number of hydrogen-bond acceptors (Lipinski definition) is 4. The standard InChI is InChI=1S/C30H33F4N5O/c1-18(36-27(2)9-6-10-27)19-11-22-23(24(12-19)28(3,31)32)14-39(25(22)40)21-8-5-7-20(13-21)29(15-30(33,34)16-29)26-37-35-17-38(26)4/h5,7-8,11-13,17-18,36H,6,9-10,14-16H2,1-4H3/t18-/m1/s1. The van der Waals surface area contributed by atoms with Crippen molar-refractivity contribution in [2.75, 3.05) is 4.90 Å². The first-order valence-corrected chi connectivity index (χ1v) is 13.7. The van der Waals surface area contributed by atoms with E-state index in [0.29, 0.717) is 28.2 Å². The molecule has 6 rings (SSSR count). The number of alkyl halides is 4. The Balaban J connectivity index is 1.37. The van der Waals surface area contributed by atoms with E-state index in [4.69, 9.17) is 0 Å². The van der Waals surface area contributed by atoms with E-state index < -0.39 is 30.1 Å². The predicted molar refractivity (Wildman–Crippen MR) is 143 cm³/mol. The predicted octanol–water partition coefficient (Wildman–Crippen LogP) is 6.40. The molecule has 2 heterocycles. The Bertz CT molecular complexity index is 1480. The number of hydrogen-bond donors (Lipinski definition) is 1. The molecule has 1 aliphatic heterocycles. The van der Waals surface area contributed by atoms with E-state index in [1.165, 1.54) is 17.3 Å². The molecule has 2 fully saturated rings. The van der Waals surface area contributed by atoms with Crippen molar-refractivity contribution in [1.82, 2.24) is 20.1 Å². The number of aromatic nitrogens is 3. The monoisotopic (exact) mass is 555 g/mol. The van der Waals surface area contributed by atoms with Crippen molar-refractivity contribution < 1.29 is 22.4 Å². The topological polar surface area (TPSA) is 63.0 Å². The van der Waals surface area contributed by atoms with Gasteiger partial charge in [0.25, 0.3) is 17.8 Å². The van der Waals surface area contributed by atoms with Crippen molar-refractivity contribution in [3.05, 3.63) is 76.4 Å². The van der Waals surface area contributed by atoms with E-state index in [0.717, 1.165) is 26.2 Å². The number of fused-ring (bicyclic) bond motifs is 1. The third kappa shape index (κ3) is 4.31. The molecule has 0 saturated heterocycles. The highest BCUT2D eigenvalue weighted by Crippen LogP contribution is 2.57. The normalized spacial score (nSPS) is 21.5. The highest BCUT2D eigenvalue weighted by atomic mass is 19.3. The molecule has 2 saturated carbocycles. The molecule has 1 N–H and O–H groups in total. The van der Waals surface area contributed by atoms with Crippen LogP contribution in [0.5, 0.6) is 0 Å². The van der Waals surface area contributed by atoms with Gasteiger partial charge in [-0.3, -0.25) is 4.79 Å². The maximum absolute atomic E-state index is 14.9. The molecule has 0 unspecified atom stereocenters. The van der Waals surface area contributed by atoms with E-state index >= 15 is 0 Å². The molecule has 1 aromatic heterocycles. The molecular formula is C30H33F4N5O. The molecule has 0 bridgehead atoms. The van der Waals surface area contributed by atoms with Crippen LogP contribution in [0.3, 0.4) is 0 Å². The SMILES string of the molecule is C[C@@H](NC1(C)CCC1)c1cc2c(c(C(C)(F)F)c1)CN(c1cccc(C3(c4nncn4C)CC(F)(F)C3)c1)C2=O. The lowest BCUT2D eigenvalue weighted by Crippen LogP contribution is -2.51. The summed E-state index contributed by atoms with van der Waals surface area (Å²) in [5, 5.41) is 11.6. The number of carbonyl (C=O) groups is 1. The van der Waals surface area contributed by atoms with Gasteiger partial charge in [-0.2, -0.15) is 0 Å². The fourth-order valence-corrected chi connectivity index (χ4v) is 6.75. The zero-order valence-corrected chi connectivity index (χ0v) is 23.1. The van der Waals surface area contributed by atoms with Crippen LogP contribution in [0.4, 0.5) is 23.2 Å². The molecule has 40 heavy (non-hydrogen) atoms. The highest BCUT2D eigenvalue weighted by Gasteiger charge is 2.60. The summed E-state index contributed by atoms with van der Waals surface area (Å²) in [6.45, 7) is 4.89. The Morgan fingerprint density at radius 3 is 2.42 bits per heavy atom. The van der Waals surface area contributed by atoms with Gasteiger partial charge in [0.15, 0.2) is 0 Å². The number of nitrogens with one attached hydrogen (secondary N) is 1. The van der Waals surface area contributed by atoms with Gasteiger partial charge in [0.2, 0.25) is 0 Å². The lowest BCUT2D eigenvalue weighted by molar-refractivity contribution is -0.116. The largest absolute Gasteiger partial charge is 0.320 e. The molecule has 6 nitrogen and oxygen atoms in total. The second-order valence-electron chi connectivity index (χ2n) is 12.3. The molecule has 10 heteroatoms. The van der Waals surface area contributed by atoms with Gasteiger partial charge in [0, 0.05) is 55.2 Å². The Labute approximate surface area is 230 Å². The smallest absolute Gasteiger partial charge is 0.270 e. The van der Waals surface area contributed by atoms with Crippen LogP contribution in [0, 0.1) is 0 Å². The summed E-state index contributed by atoms with van der Waals surface area (Å²) in [7, 11) is 1.71. The van der Waals surface area contributed by atoms with Crippen molar-refractivity contribution in [1.29, 1.82) is 0 Å². The second kappa shape index (κ2) is 8.86. The van der Waals surface area contributed by atoms with Gasteiger partial charge < -0.3 is 14.8 Å². The fraction of sp³-hybridized carbons (Fsp3) is 0.500. The van der Waals surface area contributed by atoms with Gasteiger partial charge in [-0.1, -0.05) is 12.1 Å². The number of carbonyl (C=O) groups excluding carboxylic acids is 1. The average Bonchev–Trinajstić information content (AvgIpc) is 3.43. The van der Waals surface area contributed by atoms with E-state index in [1.54, 1.807) is 41.9 Å². The van der Waals surface area contributed by atoms with Crippen molar-refractivity contribution in [2.45, 2.75) is 88.3 Å². The Kier molecular flexibility index (Phi) is 5.97. The molecule has 1 atom stereocenters. The van der Waals surface area contributed by atoms with Gasteiger partial charge in [0.05, 0.1) is 12.0 Å². The highest BCUT2D eigenvalue weighted by molar-refractivity contribution is 6.10. The Morgan fingerprint density at radius 2 is 1.85 bits per heavy atom. The number of benzene rings is 2. The molecule has 212 valence electrons. The van der Waals surface area contributed by atoms with Gasteiger partial charge >= 0.3 is 0 Å². The lowest BCUT2D eigenvalue weighted by atomic mass is 9.61. The van der Waals surface area contributed by atoms with Gasteiger partial charge in [-0.05, 0) is 74.1 Å². The summed E-state index contributed by atoms with van der Waals surface area (Å²) >= 11 is 0. The van der Waals surface area contributed by atoms with E-state index in [1.807, 2.05) is 6.92 Å². The fourth-order valence-electron chi connectivity index (χ4n) is 6.75. The first-order chi connectivity index (χ1) is 18.7. The third-order valence-corrected chi connectivity index (χ3v) is 9.03. The zero-order chi connectivity index (χ0) is 28.7. The summed E-state index contributed by atoms with van der Waals surface area (Å²) < 4.78 is 60.0. The molecule has 1 amide bonds. The van der Waals surface area contributed by atoms with E-state index in [-0.39, 0.29) is 35.2 Å². The lowest BCUT2D eigenvalue weighted by Gasteiger charge is -2.46. The molecule has 0 radical (unpaired) electrons. The minimum absolute atomic E-state index is 0.0245. The Hall–Kier alpha value is -3.27. The maximum atomic E-state index is 14.9. The first kappa shape index (κ1) is 26.9. The van der Waals surface area contributed by atoms with E-state index in [9.17, 15) is 22.4 Å². The number of nitrogens with zero attached hydrogens (tertiary/aromatic N) is 4. The number of rotatable bonds is 7. The minimum Gasteiger partial charge on any atom is -0.320 e. The van der Waals surface area contributed by atoms with Crippen LogP contribution in [0.1, 0.15) is 97.4 Å². The molecule has 3 aliphatic rings. The summed E-state index contributed by atoms with van der Waals surface area (Å²) in [4.78, 5) is 15.2. The number of anilines is 1. The van der Waals surface area contributed by atoms with Crippen molar-refractivity contribution >= 4 is 11.6 Å². The average molecular weight is 556 g/mol. The van der Waals surface area contributed by atoms with Crippen molar-refractivity contribution in [3.63, 3.8) is 0 Å². The van der Waals surface area contributed by atoms with Gasteiger partial charge in [-0.15, -0.1) is 10.2 Å². The first-order valence-electron chi connectivity index (χ1n) is 13.7. The maximum Gasteiger partial charge on any atom is 0.270 e. The van der Waals surface area contributed by atoms with Crippen LogP contribution in [-0.2, 0) is 24.9 Å². The Morgan fingerprint density at radius 1 is 1.12 bits per heavy atom. The number of aryl methyl sites for hydroxylation is 1. The van der Waals surface area contributed by atoms with Gasteiger partial charge in [-0.25, -0.2) is 17.6 Å². The molecular weight excluding hydrogens is 522 g/mol. The summed E-state index contributed by atoms with van der Waals surface area (Å²) in [5.41, 5.74) is 0.991. The van der Waals surface area contributed by atoms with Crippen LogP contribution in [0.25, 0.3) is 0 Å². The molecule has 3 aromatic rings. The summed E-state index contributed by atoms with van der Waals surface area (Å²) in [5.74, 6) is -5.95. The van der Waals surface area contributed by atoms with E-state index in [2.05, 4.69) is 22.4 Å². The van der Waals surface area contributed by atoms with Crippen LogP contribution < -0.4 is 10.2 Å². The van der Waals surface area contributed by atoms with Crippen LogP contribution in [-0.4, -0.2) is 32.1 Å². The molecule has 2 aliphatic carbocycles. The number of halogens is 4. The summed E-state index contributed by atoms with van der Waals surface area (Å²) in [6, 6.07) is 9.91. The minimum atomic E-state index is -3.15. The van der Waals surface area contributed by atoms with Crippen LogP contribution >= 0.6 is 0 Å². The van der Waals surface area contributed by atoms with Crippen molar-refractivity contribution in [2.24, 2.45) is 7.05 Å². The van der Waals surface area contributed by atoms with Crippen LogP contribution in [0.2, 0.25) is 0 Å². The molecule has 2 aromatic carbocycles.